The first-order valence-electron chi connectivity index (χ1n) is 9.34. The van der Waals surface area contributed by atoms with Crippen molar-refractivity contribution in [2.45, 2.75) is 64.7 Å². The molecule has 3 atom stereocenters. The lowest BCUT2D eigenvalue weighted by Gasteiger charge is -2.45. The molecule has 23 heavy (non-hydrogen) atoms. The first-order valence-corrected chi connectivity index (χ1v) is 9.34. The van der Waals surface area contributed by atoms with E-state index in [1.54, 1.807) is 11.1 Å². The summed E-state index contributed by atoms with van der Waals surface area (Å²) in [5.41, 5.74) is 6.67. The van der Waals surface area contributed by atoms with Crippen LogP contribution in [-0.4, -0.2) is 5.11 Å². The number of phenolic OH excluding ortho intramolecular Hbond substituents is 1. The Labute approximate surface area is 140 Å². The van der Waals surface area contributed by atoms with Crippen molar-refractivity contribution in [1.82, 2.24) is 0 Å². The van der Waals surface area contributed by atoms with Gasteiger partial charge in [0.1, 0.15) is 5.75 Å². The number of rotatable bonds is 2. The van der Waals surface area contributed by atoms with Crippen LogP contribution in [0.15, 0.2) is 41.5 Å². The molecule has 0 aromatic heterocycles. The second-order valence-electron chi connectivity index (χ2n) is 7.91. The molecule has 0 amide bonds. The summed E-state index contributed by atoms with van der Waals surface area (Å²) in [5.74, 6) is 1.75. The molecule has 0 radical (unpaired) electrons. The highest BCUT2D eigenvalue weighted by atomic mass is 16.3. The summed E-state index contributed by atoms with van der Waals surface area (Å²) >= 11 is 0. The number of unbranched alkanes of at least 4 members (excludes halogenated alkanes) is 1. The molecule has 3 aliphatic rings. The summed E-state index contributed by atoms with van der Waals surface area (Å²) in [7, 11) is 0. The summed E-state index contributed by atoms with van der Waals surface area (Å²) in [5, 5.41) is 9.76. The molecule has 0 unspecified atom stereocenters. The van der Waals surface area contributed by atoms with Gasteiger partial charge in [-0.15, -0.1) is 0 Å². The molecule has 3 aliphatic carbocycles. The molecule has 1 aromatic rings. The van der Waals surface area contributed by atoms with Crippen molar-refractivity contribution in [2.75, 3.05) is 0 Å². The van der Waals surface area contributed by atoms with Crippen molar-refractivity contribution in [1.29, 1.82) is 0 Å². The van der Waals surface area contributed by atoms with Crippen molar-refractivity contribution < 1.29 is 5.11 Å². The topological polar surface area (TPSA) is 20.2 Å². The molecule has 1 aromatic carbocycles. The van der Waals surface area contributed by atoms with E-state index >= 15 is 0 Å². The Bertz CT molecular complexity index is 681. The van der Waals surface area contributed by atoms with Crippen LogP contribution in [0, 0.1) is 11.3 Å². The number of hydrogen-bond acceptors (Lipinski definition) is 1. The SMILES string of the molecule is CCCC=C1CC[C@H]2C3=CCc4cc(O)ccc4[C@H]3CC[C@]12C. The van der Waals surface area contributed by atoms with E-state index in [1.165, 1.54) is 49.7 Å². The van der Waals surface area contributed by atoms with Gasteiger partial charge in [0.15, 0.2) is 0 Å². The normalized spacial score (nSPS) is 33.8. The van der Waals surface area contributed by atoms with E-state index in [0.717, 1.165) is 12.3 Å². The molecule has 1 heteroatoms. The highest BCUT2D eigenvalue weighted by Crippen LogP contribution is 2.61. The summed E-state index contributed by atoms with van der Waals surface area (Å²) in [6, 6.07) is 6.02. The average molecular weight is 308 g/mol. The largest absolute Gasteiger partial charge is 0.508 e. The van der Waals surface area contributed by atoms with Gasteiger partial charge in [0.25, 0.3) is 0 Å². The van der Waals surface area contributed by atoms with Crippen LogP contribution in [0.1, 0.15) is 69.4 Å². The van der Waals surface area contributed by atoms with E-state index in [2.05, 4.69) is 32.1 Å². The molecule has 1 N–H and O–H groups in total. The third-order valence-electron chi connectivity index (χ3n) is 6.70. The van der Waals surface area contributed by atoms with Crippen molar-refractivity contribution in [3.05, 3.63) is 52.6 Å². The summed E-state index contributed by atoms with van der Waals surface area (Å²) in [6.07, 6.45) is 13.8. The van der Waals surface area contributed by atoms with Gasteiger partial charge in [-0.05, 0) is 73.1 Å². The first-order chi connectivity index (χ1) is 11.1. The third-order valence-corrected chi connectivity index (χ3v) is 6.70. The second kappa shape index (κ2) is 5.54. The van der Waals surface area contributed by atoms with Gasteiger partial charge < -0.3 is 5.11 Å². The molecule has 0 aliphatic heterocycles. The van der Waals surface area contributed by atoms with Crippen LogP contribution in [0.25, 0.3) is 0 Å². The van der Waals surface area contributed by atoms with Crippen LogP contribution in [-0.2, 0) is 6.42 Å². The van der Waals surface area contributed by atoms with Gasteiger partial charge in [0, 0.05) is 5.92 Å². The second-order valence-corrected chi connectivity index (χ2v) is 7.91. The Morgan fingerprint density at radius 2 is 2.17 bits per heavy atom. The Morgan fingerprint density at radius 1 is 1.30 bits per heavy atom. The molecule has 0 spiro atoms. The summed E-state index contributed by atoms with van der Waals surface area (Å²) < 4.78 is 0. The van der Waals surface area contributed by atoms with E-state index in [1.807, 2.05) is 12.1 Å². The van der Waals surface area contributed by atoms with Gasteiger partial charge in [-0.1, -0.05) is 49.6 Å². The Kier molecular flexibility index (Phi) is 3.63. The Balaban J connectivity index is 1.68. The maximum Gasteiger partial charge on any atom is 0.115 e. The maximum atomic E-state index is 9.76. The fraction of sp³-hybridized carbons (Fsp3) is 0.545. The Morgan fingerprint density at radius 3 is 3.00 bits per heavy atom. The zero-order valence-electron chi connectivity index (χ0n) is 14.4. The quantitative estimate of drug-likeness (QED) is 0.675. The molecule has 2 saturated carbocycles. The van der Waals surface area contributed by atoms with Gasteiger partial charge in [-0.3, -0.25) is 0 Å². The van der Waals surface area contributed by atoms with E-state index in [4.69, 9.17) is 0 Å². The highest BCUT2D eigenvalue weighted by Gasteiger charge is 2.49. The molecule has 4 rings (SSSR count). The fourth-order valence-electron chi connectivity index (χ4n) is 5.46. The van der Waals surface area contributed by atoms with Crippen LogP contribution in [0.3, 0.4) is 0 Å². The molecule has 0 bridgehead atoms. The van der Waals surface area contributed by atoms with Crippen LogP contribution >= 0.6 is 0 Å². The van der Waals surface area contributed by atoms with E-state index < -0.39 is 0 Å². The van der Waals surface area contributed by atoms with Gasteiger partial charge >= 0.3 is 0 Å². The minimum absolute atomic E-state index is 0.409. The average Bonchev–Trinajstić information content (AvgIpc) is 2.89. The molecule has 1 nitrogen and oxygen atoms in total. The van der Waals surface area contributed by atoms with Crippen LogP contribution in [0.4, 0.5) is 0 Å². The maximum absolute atomic E-state index is 9.76. The van der Waals surface area contributed by atoms with Crippen LogP contribution < -0.4 is 0 Å². The number of aromatic hydroxyl groups is 1. The van der Waals surface area contributed by atoms with E-state index in [0.29, 0.717) is 17.1 Å². The molecular weight excluding hydrogens is 280 g/mol. The zero-order chi connectivity index (χ0) is 16.0. The fourth-order valence-corrected chi connectivity index (χ4v) is 5.46. The molecule has 0 heterocycles. The van der Waals surface area contributed by atoms with Crippen molar-refractivity contribution in [3.63, 3.8) is 0 Å². The lowest BCUT2D eigenvalue weighted by molar-refractivity contribution is 0.229. The summed E-state index contributed by atoms with van der Waals surface area (Å²) in [6.45, 7) is 4.80. The van der Waals surface area contributed by atoms with Crippen molar-refractivity contribution >= 4 is 0 Å². The van der Waals surface area contributed by atoms with Crippen LogP contribution in [0.2, 0.25) is 0 Å². The predicted octanol–water partition coefficient (Wildman–Crippen LogP) is 5.89. The third kappa shape index (κ3) is 2.28. The smallest absolute Gasteiger partial charge is 0.115 e. The van der Waals surface area contributed by atoms with Gasteiger partial charge in [-0.25, -0.2) is 0 Å². The van der Waals surface area contributed by atoms with Gasteiger partial charge in [0.05, 0.1) is 0 Å². The predicted molar refractivity (Wildman–Crippen MR) is 95.7 cm³/mol. The monoisotopic (exact) mass is 308 g/mol. The minimum Gasteiger partial charge on any atom is -0.508 e. The highest BCUT2D eigenvalue weighted by molar-refractivity contribution is 5.48. The molecule has 0 saturated heterocycles. The van der Waals surface area contributed by atoms with Crippen molar-refractivity contribution in [2.24, 2.45) is 11.3 Å². The number of benzene rings is 1. The van der Waals surface area contributed by atoms with E-state index in [-0.39, 0.29) is 0 Å². The summed E-state index contributed by atoms with van der Waals surface area (Å²) in [4.78, 5) is 0. The van der Waals surface area contributed by atoms with E-state index in [9.17, 15) is 5.11 Å². The number of hydrogen-bond donors (Lipinski definition) is 1. The molecule has 122 valence electrons. The first kappa shape index (κ1) is 15.1. The molecule has 2 fully saturated rings. The minimum atomic E-state index is 0.409. The van der Waals surface area contributed by atoms with Crippen molar-refractivity contribution in [3.8, 4) is 5.75 Å². The molecular formula is C22H28O. The van der Waals surface area contributed by atoms with Gasteiger partial charge in [0.2, 0.25) is 0 Å². The Hall–Kier alpha value is -1.50. The number of phenols is 1. The van der Waals surface area contributed by atoms with Crippen LogP contribution in [0.5, 0.6) is 5.75 Å². The number of fused-ring (bicyclic) bond motifs is 5. The standard InChI is InChI=1S/C22H28O/c1-3-4-5-16-7-11-21-20-9-6-15-14-17(23)8-10-18(15)19(20)12-13-22(16,21)2/h5,8-10,14,19,21,23H,3-4,6-7,11-13H2,1-2H3/t19-,21+,22-/m1/s1. The zero-order valence-corrected chi connectivity index (χ0v) is 14.4. The van der Waals surface area contributed by atoms with Gasteiger partial charge in [-0.2, -0.15) is 0 Å². The lowest BCUT2D eigenvalue weighted by Crippen LogP contribution is -2.34. The lowest BCUT2D eigenvalue weighted by atomic mass is 9.59. The number of allylic oxidation sites excluding steroid dienone is 4.